The summed E-state index contributed by atoms with van der Waals surface area (Å²) < 4.78 is 5.52. The minimum atomic E-state index is -0.0247. The number of carbonyl (C=O) groups is 1. The molecule has 2 aromatic rings. The van der Waals surface area contributed by atoms with E-state index in [-0.39, 0.29) is 12.5 Å². The molecule has 0 unspecified atom stereocenters. The highest BCUT2D eigenvalue weighted by Crippen LogP contribution is 2.12. The van der Waals surface area contributed by atoms with Crippen molar-refractivity contribution in [3.63, 3.8) is 0 Å². The van der Waals surface area contributed by atoms with Crippen molar-refractivity contribution < 1.29 is 9.53 Å². The lowest BCUT2D eigenvalue weighted by molar-refractivity contribution is -0.133. The summed E-state index contributed by atoms with van der Waals surface area (Å²) in [6, 6.07) is 7.68. The van der Waals surface area contributed by atoms with Crippen molar-refractivity contribution >= 4 is 17.2 Å². The number of hydrogen-bond acceptors (Lipinski definition) is 4. The SMILES string of the molecule is CCN(Cc1nccs1)C(=O)COc1ccc(C)cc1. The molecule has 2 rings (SSSR count). The molecule has 0 saturated heterocycles. The van der Waals surface area contributed by atoms with E-state index in [1.165, 1.54) is 5.56 Å². The first kappa shape index (κ1) is 14.5. The Kier molecular flexibility index (Phi) is 5.12. The van der Waals surface area contributed by atoms with Crippen molar-refractivity contribution in [3.05, 3.63) is 46.4 Å². The highest BCUT2D eigenvalue weighted by Gasteiger charge is 2.14. The van der Waals surface area contributed by atoms with Gasteiger partial charge in [-0.05, 0) is 26.0 Å². The molecule has 0 radical (unpaired) electrons. The largest absolute Gasteiger partial charge is 0.484 e. The van der Waals surface area contributed by atoms with Gasteiger partial charge in [0.15, 0.2) is 6.61 Å². The third kappa shape index (κ3) is 4.06. The Hall–Kier alpha value is -1.88. The fraction of sp³-hybridized carbons (Fsp3) is 0.333. The fourth-order valence-corrected chi connectivity index (χ4v) is 2.37. The van der Waals surface area contributed by atoms with Gasteiger partial charge in [-0.3, -0.25) is 4.79 Å². The summed E-state index contributed by atoms with van der Waals surface area (Å²) in [4.78, 5) is 18.1. The summed E-state index contributed by atoms with van der Waals surface area (Å²) in [6.07, 6.45) is 1.75. The Balaban J connectivity index is 1.87. The van der Waals surface area contributed by atoms with E-state index in [1.54, 1.807) is 22.4 Å². The zero-order valence-electron chi connectivity index (χ0n) is 11.7. The van der Waals surface area contributed by atoms with Crippen LogP contribution in [0.25, 0.3) is 0 Å². The number of benzene rings is 1. The number of nitrogens with zero attached hydrogens (tertiary/aromatic N) is 2. The zero-order chi connectivity index (χ0) is 14.4. The number of ether oxygens (including phenoxy) is 1. The predicted molar refractivity (Wildman–Crippen MR) is 79.9 cm³/mol. The lowest BCUT2D eigenvalue weighted by Gasteiger charge is -2.19. The van der Waals surface area contributed by atoms with Crippen LogP contribution < -0.4 is 4.74 Å². The lowest BCUT2D eigenvalue weighted by Crippen LogP contribution is -2.34. The highest BCUT2D eigenvalue weighted by molar-refractivity contribution is 7.09. The third-order valence-electron chi connectivity index (χ3n) is 2.93. The first-order valence-corrected chi connectivity index (χ1v) is 7.42. The average molecular weight is 290 g/mol. The number of amides is 1. The topological polar surface area (TPSA) is 42.4 Å². The number of aryl methyl sites for hydroxylation is 1. The van der Waals surface area contributed by atoms with Crippen molar-refractivity contribution in [1.29, 1.82) is 0 Å². The second-order valence-electron chi connectivity index (χ2n) is 4.44. The standard InChI is InChI=1S/C15H18N2O2S/c1-3-17(10-14-16-8-9-20-14)15(18)11-19-13-6-4-12(2)5-7-13/h4-9H,3,10-11H2,1-2H3. The summed E-state index contributed by atoms with van der Waals surface area (Å²) in [6.45, 7) is 5.22. The van der Waals surface area contributed by atoms with Crippen molar-refractivity contribution in [3.8, 4) is 5.75 Å². The summed E-state index contributed by atoms with van der Waals surface area (Å²) in [5.74, 6) is 0.692. The molecule has 0 bridgehead atoms. The number of carbonyl (C=O) groups excluding carboxylic acids is 1. The normalized spacial score (nSPS) is 10.3. The van der Waals surface area contributed by atoms with Gasteiger partial charge in [0.2, 0.25) is 0 Å². The van der Waals surface area contributed by atoms with Crippen LogP contribution in [-0.2, 0) is 11.3 Å². The predicted octanol–water partition coefficient (Wildman–Crippen LogP) is 2.88. The van der Waals surface area contributed by atoms with E-state index in [4.69, 9.17) is 4.74 Å². The zero-order valence-corrected chi connectivity index (χ0v) is 12.5. The fourth-order valence-electron chi connectivity index (χ4n) is 1.74. The first-order valence-electron chi connectivity index (χ1n) is 6.54. The molecule has 4 nitrogen and oxygen atoms in total. The molecule has 0 aliphatic heterocycles. The molecule has 0 atom stereocenters. The van der Waals surface area contributed by atoms with Crippen molar-refractivity contribution in [2.75, 3.05) is 13.2 Å². The molecule has 1 aromatic carbocycles. The van der Waals surface area contributed by atoms with E-state index in [0.717, 1.165) is 5.01 Å². The van der Waals surface area contributed by atoms with Gasteiger partial charge in [0.25, 0.3) is 5.91 Å². The molecule has 20 heavy (non-hydrogen) atoms. The van der Waals surface area contributed by atoms with E-state index in [1.807, 2.05) is 43.5 Å². The van der Waals surface area contributed by atoms with Crippen LogP contribution in [0.3, 0.4) is 0 Å². The van der Waals surface area contributed by atoms with E-state index >= 15 is 0 Å². The van der Waals surface area contributed by atoms with E-state index in [2.05, 4.69) is 4.98 Å². The molecule has 5 heteroatoms. The monoisotopic (exact) mass is 290 g/mol. The maximum absolute atomic E-state index is 12.1. The molecule has 0 saturated carbocycles. The van der Waals surface area contributed by atoms with E-state index in [0.29, 0.717) is 18.8 Å². The Bertz CT molecular complexity index is 538. The number of aromatic nitrogens is 1. The van der Waals surface area contributed by atoms with Crippen LogP contribution in [0, 0.1) is 6.92 Å². The minimum absolute atomic E-state index is 0.0247. The minimum Gasteiger partial charge on any atom is -0.484 e. The van der Waals surface area contributed by atoms with Gasteiger partial charge in [-0.25, -0.2) is 4.98 Å². The summed E-state index contributed by atoms with van der Waals surface area (Å²) >= 11 is 1.55. The average Bonchev–Trinajstić information content (AvgIpc) is 2.97. The number of thiazole rings is 1. The summed E-state index contributed by atoms with van der Waals surface area (Å²) in [5, 5.41) is 2.85. The molecular formula is C15H18N2O2S. The van der Waals surface area contributed by atoms with Crippen molar-refractivity contribution in [1.82, 2.24) is 9.88 Å². The van der Waals surface area contributed by atoms with Gasteiger partial charge in [-0.15, -0.1) is 11.3 Å². The molecule has 0 aliphatic carbocycles. The van der Waals surface area contributed by atoms with E-state index in [9.17, 15) is 4.79 Å². The van der Waals surface area contributed by atoms with Crippen LogP contribution >= 0.6 is 11.3 Å². The quantitative estimate of drug-likeness (QED) is 0.821. The summed E-state index contributed by atoms with van der Waals surface area (Å²) in [5.41, 5.74) is 1.17. The second-order valence-corrected chi connectivity index (χ2v) is 5.41. The molecule has 106 valence electrons. The van der Waals surface area contributed by atoms with Crippen molar-refractivity contribution in [2.45, 2.75) is 20.4 Å². The van der Waals surface area contributed by atoms with Crippen LogP contribution in [0.4, 0.5) is 0 Å². The molecule has 1 amide bonds. The Morgan fingerprint density at radius 1 is 1.35 bits per heavy atom. The smallest absolute Gasteiger partial charge is 0.260 e. The lowest BCUT2D eigenvalue weighted by atomic mass is 10.2. The molecular weight excluding hydrogens is 272 g/mol. The highest BCUT2D eigenvalue weighted by atomic mass is 32.1. The van der Waals surface area contributed by atoms with Crippen molar-refractivity contribution in [2.24, 2.45) is 0 Å². The molecule has 0 N–H and O–H groups in total. The molecule has 0 aliphatic rings. The van der Waals surface area contributed by atoms with Gasteiger partial charge < -0.3 is 9.64 Å². The Labute approximate surface area is 123 Å². The van der Waals surface area contributed by atoms with Crippen LogP contribution in [0.2, 0.25) is 0 Å². The summed E-state index contributed by atoms with van der Waals surface area (Å²) in [7, 11) is 0. The van der Waals surface area contributed by atoms with Crippen LogP contribution in [0.5, 0.6) is 5.75 Å². The molecule has 0 spiro atoms. The van der Waals surface area contributed by atoms with E-state index < -0.39 is 0 Å². The van der Waals surface area contributed by atoms with Gasteiger partial charge in [0.05, 0.1) is 6.54 Å². The van der Waals surface area contributed by atoms with Gasteiger partial charge in [0, 0.05) is 18.1 Å². The molecule has 1 heterocycles. The third-order valence-corrected chi connectivity index (χ3v) is 3.69. The maximum atomic E-state index is 12.1. The van der Waals surface area contributed by atoms with Crippen LogP contribution in [-0.4, -0.2) is 28.9 Å². The first-order chi connectivity index (χ1) is 9.69. The number of hydrogen-bond donors (Lipinski definition) is 0. The number of rotatable bonds is 6. The maximum Gasteiger partial charge on any atom is 0.260 e. The van der Waals surface area contributed by atoms with Gasteiger partial charge >= 0.3 is 0 Å². The second kappa shape index (κ2) is 7.05. The van der Waals surface area contributed by atoms with Gasteiger partial charge in [0.1, 0.15) is 10.8 Å². The Morgan fingerprint density at radius 2 is 2.10 bits per heavy atom. The molecule has 1 aromatic heterocycles. The van der Waals surface area contributed by atoms with Gasteiger partial charge in [-0.2, -0.15) is 0 Å². The van der Waals surface area contributed by atoms with Gasteiger partial charge in [-0.1, -0.05) is 17.7 Å². The molecule has 0 fully saturated rings. The van der Waals surface area contributed by atoms with Crippen LogP contribution in [0.15, 0.2) is 35.8 Å². The Morgan fingerprint density at radius 3 is 2.70 bits per heavy atom. The number of likely N-dealkylation sites (N-methyl/N-ethyl adjacent to an activating group) is 1. The van der Waals surface area contributed by atoms with Crippen LogP contribution in [0.1, 0.15) is 17.5 Å².